The summed E-state index contributed by atoms with van der Waals surface area (Å²) in [6, 6.07) is 3.90. The standard InChI is InChI=1S/C14H17N3O3/c15-12(18)11(13(16)19)17-14(20)10-6-5-8-3-1-2-4-9(8)7-10/h5-7,11H,1-4H2,(H2,15,18)(H2,16,19)(H,17,20). The van der Waals surface area contributed by atoms with Gasteiger partial charge in [0.25, 0.3) is 5.91 Å². The summed E-state index contributed by atoms with van der Waals surface area (Å²) in [5.41, 5.74) is 12.8. The first kappa shape index (κ1) is 14.0. The third-order valence-electron chi connectivity index (χ3n) is 3.46. The maximum atomic E-state index is 12.0. The average Bonchev–Trinajstić information content (AvgIpc) is 2.43. The van der Waals surface area contributed by atoms with Crippen LogP contribution in [0.2, 0.25) is 0 Å². The first-order valence-electron chi connectivity index (χ1n) is 6.50. The molecule has 1 aliphatic rings. The van der Waals surface area contributed by atoms with Crippen molar-refractivity contribution in [3.63, 3.8) is 0 Å². The third kappa shape index (κ3) is 2.96. The van der Waals surface area contributed by atoms with Crippen LogP contribution < -0.4 is 16.8 Å². The molecule has 0 saturated heterocycles. The molecule has 2 rings (SSSR count). The normalized spacial score (nSPS) is 13.7. The molecule has 0 heterocycles. The van der Waals surface area contributed by atoms with Gasteiger partial charge in [0.15, 0.2) is 6.04 Å². The highest BCUT2D eigenvalue weighted by atomic mass is 16.2. The number of rotatable bonds is 4. The van der Waals surface area contributed by atoms with Crippen molar-refractivity contribution in [2.75, 3.05) is 0 Å². The van der Waals surface area contributed by atoms with Crippen LogP contribution in [-0.4, -0.2) is 23.8 Å². The number of nitrogens with two attached hydrogens (primary N) is 2. The molecule has 1 aromatic rings. The molecule has 0 aromatic heterocycles. The van der Waals surface area contributed by atoms with Gasteiger partial charge in [-0.3, -0.25) is 14.4 Å². The molecule has 1 aliphatic carbocycles. The van der Waals surface area contributed by atoms with Crippen molar-refractivity contribution in [3.8, 4) is 0 Å². The van der Waals surface area contributed by atoms with Gasteiger partial charge in [-0.2, -0.15) is 0 Å². The molecule has 0 aliphatic heterocycles. The van der Waals surface area contributed by atoms with Crippen molar-refractivity contribution in [1.82, 2.24) is 5.32 Å². The summed E-state index contributed by atoms with van der Waals surface area (Å²) in [6.45, 7) is 0. The van der Waals surface area contributed by atoms with E-state index in [9.17, 15) is 14.4 Å². The number of aryl methyl sites for hydroxylation is 2. The lowest BCUT2D eigenvalue weighted by Gasteiger charge is -2.17. The van der Waals surface area contributed by atoms with Crippen LogP contribution in [0.5, 0.6) is 0 Å². The zero-order chi connectivity index (χ0) is 14.7. The highest BCUT2D eigenvalue weighted by molar-refractivity contribution is 6.08. The number of benzene rings is 1. The Morgan fingerprint density at radius 3 is 2.20 bits per heavy atom. The number of carbonyl (C=O) groups is 3. The highest BCUT2D eigenvalue weighted by Crippen LogP contribution is 2.22. The van der Waals surface area contributed by atoms with Crippen molar-refractivity contribution in [1.29, 1.82) is 0 Å². The molecule has 0 spiro atoms. The number of nitrogens with one attached hydrogen (secondary N) is 1. The number of hydrogen-bond donors (Lipinski definition) is 3. The second-order valence-electron chi connectivity index (χ2n) is 4.90. The van der Waals surface area contributed by atoms with E-state index >= 15 is 0 Å². The van der Waals surface area contributed by atoms with Crippen LogP contribution in [-0.2, 0) is 22.4 Å². The highest BCUT2D eigenvalue weighted by Gasteiger charge is 2.24. The van der Waals surface area contributed by atoms with Crippen LogP contribution in [0.1, 0.15) is 34.3 Å². The Hall–Kier alpha value is -2.37. The molecule has 106 valence electrons. The van der Waals surface area contributed by atoms with E-state index in [1.807, 2.05) is 6.07 Å². The van der Waals surface area contributed by atoms with Gasteiger partial charge < -0.3 is 16.8 Å². The molecule has 1 aromatic carbocycles. The van der Waals surface area contributed by atoms with Gasteiger partial charge in [0.05, 0.1) is 0 Å². The Morgan fingerprint density at radius 2 is 1.60 bits per heavy atom. The van der Waals surface area contributed by atoms with E-state index in [1.54, 1.807) is 12.1 Å². The first-order valence-corrected chi connectivity index (χ1v) is 6.50. The predicted octanol–water partition coefficient (Wildman–Crippen LogP) is -0.366. The van der Waals surface area contributed by atoms with E-state index in [0.29, 0.717) is 5.56 Å². The largest absolute Gasteiger partial charge is 0.367 e. The SMILES string of the molecule is NC(=O)C(NC(=O)c1ccc2c(c1)CCCC2)C(N)=O. The molecular formula is C14H17N3O3. The molecule has 6 heteroatoms. The number of primary amides is 2. The van der Waals surface area contributed by atoms with E-state index in [0.717, 1.165) is 31.2 Å². The molecule has 0 saturated carbocycles. The second-order valence-corrected chi connectivity index (χ2v) is 4.90. The molecule has 0 bridgehead atoms. The molecule has 5 N–H and O–H groups in total. The molecular weight excluding hydrogens is 258 g/mol. The van der Waals surface area contributed by atoms with Crippen molar-refractivity contribution in [2.24, 2.45) is 11.5 Å². The van der Waals surface area contributed by atoms with Gasteiger partial charge in [-0.15, -0.1) is 0 Å². The summed E-state index contributed by atoms with van der Waals surface area (Å²) in [6.07, 6.45) is 4.21. The molecule has 6 nitrogen and oxygen atoms in total. The van der Waals surface area contributed by atoms with E-state index in [2.05, 4.69) is 5.32 Å². The Kier molecular flexibility index (Phi) is 4.02. The van der Waals surface area contributed by atoms with Gasteiger partial charge in [0.2, 0.25) is 11.8 Å². The maximum Gasteiger partial charge on any atom is 0.252 e. The van der Waals surface area contributed by atoms with Gasteiger partial charge >= 0.3 is 0 Å². The molecule has 0 atom stereocenters. The molecule has 20 heavy (non-hydrogen) atoms. The lowest BCUT2D eigenvalue weighted by Crippen LogP contribution is -2.52. The van der Waals surface area contributed by atoms with E-state index in [1.165, 1.54) is 5.56 Å². The van der Waals surface area contributed by atoms with Gasteiger partial charge in [0, 0.05) is 5.56 Å². The second kappa shape index (κ2) is 5.73. The topological polar surface area (TPSA) is 115 Å². The van der Waals surface area contributed by atoms with E-state index in [-0.39, 0.29) is 0 Å². The fourth-order valence-corrected chi connectivity index (χ4v) is 2.37. The van der Waals surface area contributed by atoms with E-state index < -0.39 is 23.8 Å². The summed E-state index contributed by atoms with van der Waals surface area (Å²) in [5.74, 6) is -2.46. The van der Waals surface area contributed by atoms with Crippen molar-refractivity contribution in [2.45, 2.75) is 31.7 Å². The number of carbonyl (C=O) groups excluding carboxylic acids is 3. The minimum atomic E-state index is -1.49. The number of amides is 3. The Labute approximate surface area is 116 Å². The molecule has 0 radical (unpaired) electrons. The number of hydrogen-bond acceptors (Lipinski definition) is 3. The summed E-state index contributed by atoms with van der Waals surface area (Å²) in [4.78, 5) is 34.1. The molecule has 0 fully saturated rings. The van der Waals surface area contributed by atoms with Crippen LogP contribution in [0.15, 0.2) is 18.2 Å². The summed E-state index contributed by atoms with van der Waals surface area (Å²) >= 11 is 0. The van der Waals surface area contributed by atoms with Gasteiger partial charge in [0.1, 0.15) is 0 Å². The van der Waals surface area contributed by atoms with Gasteiger partial charge in [-0.1, -0.05) is 6.07 Å². The van der Waals surface area contributed by atoms with Crippen molar-refractivity contribution < 1.29 is 14.4 Å². The van der Waals surface area contributed by atoms with Crippen LogP contribution in [0, 0.1) is 0 Å². The zero-order valence-electron chi connectivity index (χ0n) is 11.0. The fourth-order valence-electron chi connectivity index (χ4n) is 2.37. The smallest absolute Gasteiger partial charge is 0.252 e. The summed E-state index contributed by atoms with van der Waals surface area (Å²) in [5, 5.41) is 2.25. The maximum absolute atomic E-state index is 12.0. The Bertz CT molecular complexity index is 555. The Morgan fingerprint density at radius 1 is 1.00 bits per heavy atom. The van der Waals surface area contributed by atoms with Crippen molar-refractivity contribution in [3.05, 3.63) is 34.9 Å². The van der Waals surface area contributed by atoms with Gasteiger partial charge in [-0.25, -0.2) is 0 Å². The third-order valence-corrected chi connectivity index (χ3v) is 3.46. The minimum absolute atomic E-state index is 0.401. The monoisotopic (exact) mass is 275 g/mol. The zero-order valence-corrected chi connectivity index (χ0v) is 11.0. The fraction of sp³-hybridized carbons (Fsp3) is 0.357. The van der Waals surface area contributed by atoms with Crippen LogP contribution >= 0.6 is 0 Å². The van der Waals surface area contributed by atoms with Crippen LogP contribution in [0.3, 0.4) is 0 Å². The van der Waals surface area contributed by atoms with Gasteiger partial charge in [-0.05, 0) is 48.9 Å². The lowest BCUT2D eigenvalue weighted by atomic mass is 9.90. The van der Waals surface area contributed by atoms with E-state index in [4.69, 9.17) is 11.5 Å². The summed E-state index contributed by atoms with van der Waals surface area (Å²) < 4.78 is 0. The first-order chi connectivity index (χ1) is 9.49. The van der Waals surface area contributed by atoms with Crippen LogP contribution in [0.25, 0.3) is 0 Å². The predicted molar refractivity (Wildman–Crippen MR) is 72.7 cm³/mol. The van der Waals surface area contributed by atoms with Crippen LogP contribution in [0.4, 0.5) is 0 Å². The quantitative estimate of drug-likeness (QED) is 0.651. The Balaban J connectivity index is 2.17. The molecule has 0 unspecified atom stereocenters. The molecule has 3 amide bonds. The average molecular weight is 275 g/mol. The van der Waals surface area contributed by atoms with Crippen molar-refractivity contribution >= 4 is 17.7 Å². The summed E-state index contributed by atoms with van der Waals surface area (Å²) in [7, 11) is 0. The number of fused-ring (bicyclic) bond motifs is 1. The lowest BCUT2D eigenvalue weighted by molar-refractivity contribution is -0.128. The minimum Gasteiger partial charge on any atom is -0.367 e.